The Morgan fingerprint density at radius 2 is 1.06 bits per heavy atom. The summed E-state index contributed by atoms with van der Waals surface area (Å²) in [7, 11) is 0. The van der Waals surface area contributed by atoms with Crippen LogP contribution in [-0.4, -0.2) is 0 Å². The summed E-state index contributed by atoms with van der Waals surface area (Å²) in [4.78, 5) is 0. The van der Waals surface area contributed by atoms with Crippen LogP contribution in [0.1, 0.15) is 97.3 Å². The van der Waals surface area contributed by atoms with Gasteiger partial charge in [-0.2, -0.15) is 0 Å². The molecule has 0 aromatic heterocycles. The quantitative estimate of drug-likeness (QED) is 0.233. The van der Waals surface area contributed by atoms with Crippen LogP contribution in [0.5, 0.6) is 0 Å². The molecule has 1 atom stereocenters. The summed E-state index contributed by atoms with van der Waals surface area (Å²) in [5.41, 5.74) is 0. The third-order valence-electron chi connectivity index (χ3n) is 3.94. The van der Waals surface area contributed by atoms with Gasteiger partial charge in [-0.15, -0.1) is 6.58 Å². The summed E-state index contributed by atoms with van der Waals surface area (Å²) in [6.45, 7) is 8.57. The molecule has 0 radical (unpaired) electrons. The van der Waals surface area contributed by atoms with Gasteiger partial charge in [-0.1, -0.05) is 90.6 Å². The van der Waals surface area contributed by atoms with Gasteiger partial charge >= 0.3 is 0 Å². The number of rotatable bonds is 14. The fraction of sp³-hybridized carbons (Fsp3) is 0.889. The third-order valence-corrected chi connectivity index (χ3v) is 3.94. The summed E-state index contributed by atoms with van der Waals surface area (Å²) in [6, 6.07) is 0. The second-order valence-corrected chi connectivity index (χ2v) is 5.76. The lowest BCUT2D eigenvalue weighted by Gasteiger charge is -2.12. The van der Waals surface area contributed by atoms with E-state index in [-0.39, 0.29) is 0 Å². The van der Waals surface area contributed by atoms with Gasteiger partial charge in [-0.3, -0.25) is 0 Å². The van der Waals surface area contributed by atoms with Crippen LogP contribution in [0.2, 0.25) is 0 Å². The first-order valence-electron chi connectivity index (χ1n) is 8.47. The smallest absolute Gasteiger partial charge is 0.0236 e. The molecular formula is C18H36. The van der Waals surface area contributed by atoms with Crippen LogP contribution in [0.3, 0.4) is 0 Å². The maximum absolute atomic E-state index is 4.00. The van der Waals surface area contributed by atoms with Gasteiger partial charge in [0.25, 0.3) is 0 Å². The zero-order chi connectivity index (χ0) is 13.5. The van der Waals surface area contributed by atoms with E-state index in [0.29, 0.717) is 0 Å². The monoisotopic (exact) mass is 252 g/mol. The van der Waals surface area contributed by atoms with Crippen molar-refractivity contribution in [2.24, 2.45) is 5.92 Å². The van der Waals surface area contributed by atoms with E-state index in [1.165, 1.54) is 83.5 Å². The van der Waals surface area contributed by atoms with Gasteiger partial charge in [-0.25, -0.2) is 0 Å². The average molecular weight is 252 g/mol. The van der Waals surface area contributed by atoms with Gasteiger partial charge in [0.15, 0.2) is 0 Å². The average Bonchev–Trinajstić information content (AvgIpc) is 2.40. The molecule has 0 N–H and O–H groups in total. The molecule has 0 heterocycles. The van der Waals surface area contributed by atoms with E-state index in [0.717, 1.165) is 5.92 Å². The van der Waals surface area contributed by atoms with E-state index in [1.807, 2.05) is 0 Å². The Labute approximate surface area is 116 Å². The topological polar surface area (TPSA) is 0 Å². The van der Waals surface area contributed by atoms with Crippen LogP contribution in [0.25, 0.3) is 0 Å². The molecule has 108 valence electrons. The van der Waals surface area contributed by atoms with Gasteiger partial charge in [0.05, 0.1) is 0 Å². The van der Waals surface area contributed by atoms with Crippen molar-refractivity contribution in [3.05, 3.63) is 12.7 Å². The lowest BCUT2D eigenvalue weighted by molar-refractivity contribution is 0.467. The van der Waals surface area contributed by atoms with Crippen LogP contribution in [0.4, 0.5) is 0 Å². The van der Waals surface area contributed by atoms with Crippen molar-refractivity contribution >= 4 is 0 Å². The minimum atomic E-state index is 0.790. The number of allylic oxidation sites excluding steroid dienone is 1. The van der Waals surface area contributed by atoms with E-state index in [9.17, 15) is 0 Å². The predicted octanol–water partition coefficient (Wildman–Crippen LogP) is 6.90. The Hall–Kier alpha value is -0.260. The highest BCUT2D eigenvalue weighted by molar-refractivity contribution is 4.78. The van der Waals surface area contributed by atoms with Crippen molar-refractivity contribution in [1.82, 2.24) is 0 Å². The summed E-state index contributed by atoms with van der Waals surface area (Å²) in [5, 5.41) is 0. The molecule has 0 aliphatic heterocycles. The van der Waals surface area contributed by atoms with Crippen molar-refractivity contribution in [2.45, 2.75) is 97.3 Å². The lowest BCUT2D eigenvalue weighted by Crippen LogP contribution is -1.96. The molecule has 18 heavy (non-hydrogen) atoms. The molecule has 0 rings (SSSR count). The molecule has 0 aromatic carbocycles. The fourth-order valence-electron chi connectivity index (χ4n) is 2.58. The zero-order valence-electron chi connectivity index (χ0n) is 13.1. The maximum Gasteiger partial charge on any atom is -0.0236 e. The van der Waals surface area contributed by atoms with Crippen molar-refractivity contribution in [1.29, 1.82) is 0 Å². The molecule has 0 heteroatoms. The second-order valence-electron chi connectivity index (χ2n) is 5.76. The first kappa shape index (κ1) is 17.7. The Balaban J connectivity index is 3.32. The van der Waals surface area contributed by atoms with Crippen molar-refractivity contribution in [2.75, 3.05) is 0 Å². The minimum absolute atomic E-state index is 0.790. The van der Waals surface area contributed by atoms with Gasteiger partial charge in [-0.05, 0) is 18.8 Å². The third kappa shape index (κ3) is 12.2. The number of unbranched alkanes of at least 4 members (excludes halogenated alkanes) is 9. The van der Waals surface area contributed by atoms with Gasteiger partial charge < -0.3 is 0 Å². The second kappa shape index (κ2) is 14.8. The van der Waals surface area contributed by atoms with Crippen LogP contribution >= 0.6 is 0 Å². The van der Waals surface area contributed by atoms with Gasteiger partial charge in [0.1, 0.15) is 0 Å². The Morgan fingerprint density at radius 3 is 1.44 bits per heavy atom. The first-order chi connectivity index (χ1) is 8.85. The summed E-state index contributed by atoms with van der Waals surface area (Å²) in [5.74, 6) is 0.790. The SMILES string of the molecule is C=CC(CCCCCCC)CCCCCCCC. The summed E-state index contributed by atoms with van der Waals surface area (Å²) in [6.07, 6.45) is 20.5. The van der Waals surface area contributed by atoms with Crippen molar-refractivity contribution < 1.29 is 0 Å². The standard InChI is InChI=1S/C18H36/c1-4-7-9-11-13-15-17-18(6-3)16-14-12-10-8-5-2/h6,18H,3-5,7-17H2,1-2H3. The molecule has 0 saturated heterocycles. The molecule has 0 aliphatic rings. The van der Waals surface area contributed by atoms with Crippen molar-refractivity contribution in [3.63, 3.8) is 0 Å². The van der Waals surface area contributed by atoms with Crippen molar-refractivity contribution in [3.8, 4) is 0 Å². The molecule has 0 aliphatic carbocycles. The molecule has 0 bridgehead atoms. The maximum atomic E-state index is 4.00. The molecule has 0 amide bonds. The lowest BCUT2D eigenvalue weighted by atomic mass is 9.94. The molecule has 1 unspecified atom stereocenters. The Bertz CT molecular complexity index is 159. The summed E-state index contributed by atoms with van der Waals surface area (Å²) < 4.78 is 0. The van der Waals surface area contributed by atoms with E-state index in [2.05, 4.69) is 26.5 Å². The molecule has 0 aromatic rings. The van der Waals surface area contributed by atoms with Crippen LogP contribution in [-0.2, 0) is 0 Å². The van der Waals surface area contributed by atoms with Crippen LogP contribution < -0.4 is 0 Å². The molecule has 0 fully saturated rings. The molecule has 0 nitrogen and oxygen atoms in total. The Kier molecular flexibility index (Phi) is 14.6. The highest BCUT2D eigenvalue weighted by atomic mass is 14.1. The normalized spacial score (nSPS) is 12.6. The van der Waals surface area contributed by atoms with Gasteiger partial charge in [0.2, 0.25) is 0 Å². The van der Waals surface area contributed by atoms with Crippen LogP contribution in [0.15, 0.2) is 12.7 Å². The minimum Gasteiger partial charge on any atom is -0.103 e. The fourth-order valence-corrected chi connectivity index (χ4v) is 2.58. The molecule has 0 saturated carbocycles. The first-order valence-corrected chi connectivity index (χ1v) is 8.47. The highest BCUT2D eigenvalue weighted by Crippen LogP contribution is 2.19. The summed E-state index contributed by atoms with van der Waals surface area (Å²) >= 11 is 0. The van der Waals surface area contributed by atoms with E-state index in [4.69, 9.17) is 0 Å². The Morgan fingerprint density at radius 1 is 0.667 bits per heavy atom. The number of hydrogen-bond donors (Lipinski definition) is 0. The zero-order valence-corrected chi connectivity index (χ0v) is 13.1. The molecule has 0 spiro atoms. The van der Waals surface area contributed by atoms with Gasteiger partial charge in [0, 0.05) is 0 Å². The van der Waals surface area contributed by atoms with E-state index < -0.39 is 0 Å². The number of hydrogen-bond acceptors (Lipinski definition) is 0. The van der Waals surface area contributed by atoms with E-state index >= 15 is 0 Å². The predicted molar refractivity (Wildman–Crippen MR) is 85.1 cm³/mol. The largest absolute Gasteiger partial charge is 0.103 e. The molecular weight excluding hydrogens is 216 g/mol. The van der Waals surface area contributed by atoms with E-state index in [1.54, 1.807) is 0 Å². The van der Waals surface area contributed by atoms with Crippen LogP contribution in [0, 0.1) is 5.92 Å². The highest BCUT2D eigenvalue weighted by Gasteiger charge is 2.03.